The molecule has 0 aliphatic heterocycles. The van der Waals surface area contributed by atoms with Crippen LogP contribution in [0.15, 0.2) is 127 Å². The van der Waals surface area contributed by atoms with Crippen LogP contribution in [0.3, 0.4) is 0 Å². The van der Waals surface area contributed by atoms with Crippen LogP contribution in [0.4, 0.5) is 0 Å². The molecule has 0 radical (unpaired) electrons. The Morgan fingerprint density at radius 3 is 2.02 bits per heavy atom. The third-order valence-electron chi connectivity index (χ3n) is 8.70. The fraction of sp³-hybridized carbons (Fsp3) is 0.175. The Labute approximate surface area is 304 Å². The average molecular weight is 767 g/mol. The number of amides is 1. The molecule has 5 aromatic carbocycles. The standard InChI is InChI=1S/C40H37BrN3O4PS/c41-49(32-14-6-3-7-15-32,33-16-8-4-9-17-33,34-18-10-5-11-19-34)25-13-2-1-12-24-43-39(46)29-47-30-21-23-36(45)37(26-30)48-31-20-22-35-38(27-31)50-40(28-42)44-35/h3-11,14-23,26-27,45H,1-2,12-13,24-25,29H2,(H,43,46). The van der Waals surface area contributed by atoms with E-state index in [0.717, 1.165) is 36.5 Å². The molecule has 1 amide bonds. The molecule has 0 saturated carbocycles. The number of benzene rings is 5. The number of phenols is 1. The Balaban J connectivity index is 0.996. The molecule has 6 rings (SSSR count). The monoisotopic (exact) mass is 765 g/mol. The fourth-order valence-corrected chi connectivity index (χ4v) is 14.7. The van der Waals surface area contributed by atoms with Gasteiger partial charge in [-0.15, -0.1) is 11.3 Å². The Hall–Kier alpha value is -4.74. The van der Waals surface area contributed by atoms with Crippen LogP contribution in [0.2, 0.25) is 0 Å². The zero-order chi connectivity index (χ0) is 34.8. The first kappa shape index (κ1) is 35.1. The van der Waals surface area contributed by atoms with Gasteiger partial charge in [-0.2, -0.15) is 5.26 Å². The number of aromatic hydroxyl groups is 1. The van der Waals surface area contributed by atoms with E-state index in [-0.39, 0.29) is 24.0 Å². The maximum absolute atomic E-state index is 12.6. The van der Waals surface area contributed by atoms with Crippen molar-refractivity contribution in [1.29, 1.82) is 5.26 Å². The average Bonchev–Trinajstić information content (AvgIpc) is 3.58. The first-order valence-corrected chi connectivity index (χ1v) is 21.7. The van der Waals surface area contributed by atoms with E-state index in [2.05, 4.69) is 117 Å². The number of carbonyl (C=O) groups excluding carboxylic acids is 1. The van der Waals surface area contributed by atoms with E-state index in [4.69, 9.17) is 14.7 Å². The van der Waals surface area contributed by atoms with E-state index in [1.54, 1.807) is 30.3 Å². The van der Waals surface area contributed by atoms with Gasteiger partial charge in [0, 0.05) is 6.07 Å². The molecule has 10 heteroatoms. The van der Waals surface area contributed by atoms with Gasteiger partial charge >= 0.3 is 211 Å². The molecule has 0 aliphatic carbocycles. The van der Waals surface area contributed by atoms with Gasteiger partial charge in [0.05, 0.1) is 10.2 Å². The van der Waals surface area contributed by atoms with Crippen molar-refractivity contribution in [1.82, 2.24) is 10.3 Å². The molecular weight excluding hydrogens is 729 g/mol. The summed E-state index contributed by atoms with van der Waals surface area (Å²) in [6.07, 6.45) is 4.91. The third kappa shape index (κ3) is 7.69. The number of fused-ring (bicyclic) bond motifs is 1. The molecule has 0 bridgehead atoms. The molecule has 0 saturated heterocycles. The van der Waals surface area contributed by atoms with Crippen LogP contribution in [0, 0.1) is 11.3 Å². The number of nitriles is 1. The SMILES string of the molecule is N#Cc1nc2ccc(Oc3cc(OCC(=O)NCCCCCCP(Br)(c4ccccc4)(c4ccccc4)c4ccccc4)ccc3O)cc2s1. The third-order valence-corrected chi connectivity index (χ3v) is 19.6. The van der Waals surface area contributed by atoms with E-state index in [1.807, 2.05) is 6.07 Å². The second-order valence-corrected chi connectivity index (χ2v) is 22.0. The van der Waals surface area contributed by atoms with Gasteiger partial charge < -0.3 is 9.84 Å². The summed E-state index contributed by atoms with van der Waals surface area (Å²) in [6.45, 7) is 0.408. The number of nitrogens with zero attached hydrogens (tertiary/aromatic N) is 2. The second-order valence-electron chi connectivity index (χ2n) is 12.0. The topological polar surface area (TPSA) is 104 Å². The van der Waals surface area contributed by atoms with Crippen molar-refractivity contribution < 1.29 is 19.4 Å². The minimum Gasteiger partial charge on any atom is -0.504 e. The summed E-state index contributed by atoms with van der Waals surface area (Å²) in [5.41, 5.74) is 0.705. The maximum atomic E-state index is 12.6. The molecule has 6 aromatic rings. The Bertz CT molecular complexity index is 2010. The second kappa shape index (κ2) is 15.9. The van der Waals surface area contributed by atoms with E-state index in [9.17, 15) is 9.90 Å². The summed E-state index contributed by atoms with van der Waals surface area (Å²) >= 11 is 5.78. The van der Waals surface area contributed by atoms with Gasteiger partial charge in [-0.25, -0.2) is 4.98 Å². The van der Waals surface area contributed by atoms with Crippen molar-refractivity contribution in [2.75, 3.05) is 19.3 Å². The predicted octanol–water partition coefficient (Wildman–Crippen LogP) is 8.56. The van der Waals surface area contributed by atoms with Crippen LogP contribution in [-0.4, -0.2) is 35.3 Å². The van der Waals surface area contributed by atoms with Crippen LogP contribution < -0.4 is 30.7 Å². The Morgan fingerprint density at radius 2 is 1.40 bits per heavy atom. The molecule has 0 spiro atoms. The zero-order valence-electron chi connectivity index (χ0n) is 27.4. The van der Waals surface area contributed by atoms with Crippen molar-refractivity contribution >= 4 is 64.2 Å². The number of ether oxygens (including phenoxy) is 2. The Kier molecular flexibility index (Phi) is 11.1. The molecule has 7 nitrogen and oxygen atoms in total. The molecule has 0 fully saturated rings. The van der Waals surface area contributed by atoms with Crippen molar-refractivity contribution in [2.45, 2.75) is 25.7 Å². The van der Waals surface area contributed by atoms with Crippen LogP contribution in [-0.2, 0) is 4.79 Å². The van der Waals surface area contributed by atoms with Crippen LogP contribution in [0.1, 0.15) is 30.7 Å². The van der Waals surface area contributed by atoms with Crippen LogP contribution >= 0.6 is 32.1 Å². The predicted molar refractivity (Wildman–Crippen MR) is 208 cm³/mol. The van der Waals surface area contributed by atoms with Crippen molar-refractivity contribution in [3.8, 4) is 29.1 Å². The van der Waals surface area contributed by atoms with E-state index in [0.29, 0.717) is 28.6 Å². The number of hydrogen-bond acceptors (Lipinski definition) is 7. The minimum absolute atomic E-state index is 0.0641. The number of carbonyl (C=O) groups is 1. The number of phenolic OH excluding ortho intramolecular Hbond substituents is 1. The van der Waals surface area contributed by atoms with Crippen LogP contribution in [0.5, 0.6) is 23.0 Å². The van der Waals surface area contributed by atoms with Gasteiger partial charge in [0.1, 0.15) is 11.8 Å². The quantitative estimate of drug-likeness (QED) is 0.0802. The van der Waals surface area contributed by atoms with Gasteiger partial charge in [-0.1, -0.05) is 0 Å². The first-order chi connectivity index (χ1) is 24.4. The van der Waals surface area contributed by atoms with E-state index in [1.165, 1.54) is 33.3 Å². The minimum atomic E-state index is -2.92. The van der Waals surface area contributed by atoms with Crippen molar-refractivity contribution in [3.63, 3.8) is 0 Å². The summed E-state index contributed by atoms with van der Waals surface area (Å²) in [5, 5.41) is 23.8. The molecule has 0 unspecified atom stereocenters. The van der Waals surface area contributed by atoms with Crippen molar-refractivity contribution in [3.05, 3.63) is 132 Å². The summed E-state index contributed by atoms with van der Waals surface area (Å²) in [5.74, 6) is 0.786. The molecule has 0 atom stereocenters. The van der Waals surface area contributed by atoms with Gasteiger partial charge in [-0.3, -0.25) is 0 Å². The number of aromatic nitrogens is 1. The van der Waals surface area contributed by atoms with Crippen LogP contribution in [0.25, 0.3) is 10.2 Å². The smallest absolute Gasteiger partial charge is 0.504 e. The first-order valence-electron chi connectivity index (χ1n) is 16.5. The molecular formula is C40H37BrN3O4PS. The number of rotatable bonds is 15. The van der Waals surface area contributed by atoms with Gasteiger partial charge in [0.25, 0.3) is 0 Å². The van der Waals surface area contributed by atoms with Gasteiger partial charge in [0.2, 0.25) is 0 Å². The molecule has 0 aliphatic rings. The van der Waals surface area contributed by atoms with Gasteiger partial charge in [-0.05, 0) is 18.2 Å². The molecule has 1 aromatic heterocycles. The normalized spacial score (nSPS) is 12.0. The molecule has 2 N–H and O–H groups in total. The number of hydrogen-bond donors (Lipinski definition) is 2. The number of halogens is 1. The number of nitrogens with one attached hydrogen (secondary N) is 1. The summed E-state index contributed by atoms with van der Waals surface area (Å²) in [6, 6.07) is 44.4. The summed E-state index contributed by atoms with van der Waals surface area (Å²) in [7, 11) is 0. The molecule has 1 heterocycles. The number of thiazole rings is 1. The fourth-order valence-electron chi connectivity index (χ4n) is 6.18. The molecule has 50 heavy (non-hydrogen) atoms. The summed E-state index contributed by atoms with van der Waals surface area (Å²) in [4.78, 5) is 16.8. The van der Waals surface area contributed by atoms with Crippen molar-refractivity contribution in [2.24, 2.45) is 0 Å². The Morgan fingerprint density at radius 1 is 0.800 bits per heavy atom. The van der Waals surface area contributed by atoms with E-state index < -0.39 is 5.31 Å². The van der Waals surface area contributed by atoms with E-state index >= 15 is 0 Å². The summed E-state index contributed by atoms with van der Waals surface area (Å²) < 4.78 is 12.4. The molecule has 254 valence electrons. The van der Waals surface area contributed by atoms with Gasteiger partial charge in [0.15, 0.2) is 16.5 Å². The number of unbranched alkanes of at least 4 members (excludes halogenated alkanes) is 3. The zero-order valence-corrected chi connectivity index (χ0v) is 30.7.